The molecule has 0 spiro atoms. The Morgan fingerprint density at radius 3 is 2.57 bits per heavy atom. The zero-order valence-electron chi connectivity index (χ0n) is 12.6. The molecule has 1 atom stereocenters. The maximum Gasteiger partial charge on any atom is 0.251 e. The number of rotatable bonds is 4. The van der Waals surface area contributed by atoms with Gasteiger partial charge in [-0.2, -0.15) is 0 Å². The molecular formula is C18H18ClFN2O. The largest absolute Gasteiger partial charge is 0.371 e. The fourth-order valence-electron chi connectivity index (χ4n) is 2.83. The van der Waals surface area contributed by atoms with E-state index in [9.17, 15) is 9.18 Å². The highest BCUT2D eigenvalue weighted by Crippen LogP contribution is 2.23. The number of anilines is 1. The molecule has 1 aliphatic rings. The van der Waals surface area contributed by atoms with Crippen LogP contribution in [0.25, 0.3) is 0 Å². The van der Waals surface area contributed by atoms with Crippen molar-refractivity contribution in [2.45, 2.75) is 6.42 Å². The van der Waals surface area contributed by atoms with Crippen molar-refractivity contribution in [2.75, 3.05) is 24.5 Å². The molecule has 1 unspecified atom stereocenters. The minimum atomic E-state index is -0.222. The molecule has 120 valence electrons. The Morgan fingerprint density at radius 1 is 1.17 bits per heavy atom. The number of nitrogens with one attached hydrogen (secondary N) is 1. The van der Waals surface area contributed by atoms with Gasteiger partial charge in [-0.25, -0.2) is 4.39 Å². The average Bonchev–Trinajstić information content (AvgIpc) is 3.03. The lowest BCUT2D eigenvalue weighted by Gasteiger charge is -2.18. The van der Waals surface area contributed by atoms with Crippen LogP contribution in [0, 0.1) is 11.7 Å². The number of carbonyl (C=O) groups excluding carboxylic acids is 1. The number of nitrogens with zero attached hydrogens (tertiary/aromatic N) is 1. The first-order valence-electron chi connectivity index (χ1n) is 7.66. The molecule has 5 heteroatoms. The summed E-state index contributed by atoms with van der Waals surface area (Å²) in [7, 11) is 0. The summed E-state index contributed by atoms with van der Waals surface area (Å²) in [6.07, 6.45) is 1.01. The molecule has 0 aromatic heterocycles. The lowest BCUT2D eigenvalue weighted by molar-refractivity contribution is 0.0948. The summed E-state index contributed by atoms with van der Waals surface area (Å²) in [5.41, 5.74) is 1.64. The van der Waals surface area contributed by atoms with Gasteiger partial charge in [0.15, 0.2) is 0 Å². The van der Waals surface area contributed by atoms with Crippen molar-refractivity contribution in [1.29, 1.82) is 0 Å². The fourth-order valence-corrected chi connectivity index (χ4v) is 2.95. The van der Waals surface area contributed by atoms with E-state index in [1.807, 2.05) is 0 Å². The second kappa shape index (κ2) is 7.01. The number of benzene rings is 2. The molecule has 1 saturated heterocycles. The molecule has 0 aliphatic carbocycles. The van der Waals surface area contributed by atoms with E-state index in [0.29, 0.717) is 23.0 Å². The summed E-state index contributed by atoms with van der Waals surface area (Å²) in [5.74, 6) is 0.0953. The maximum absolute atomic E-state index is 13.0. The van der Waals surface area contributed by atoms with Crippen LogP contribution in [0.15, 0.2) is 48.5 Å². The zero-order chi connectivity index (χ0) is 16.2. The zero-order valence-corrected chi connectivity index (χ0v) is 13.4. The molecule has 1 amide bonds. The van der Waals surface area contributed by atoms with Gasteiger partial charge < -0.3 is 10.2 Å². The van der Waals surface area contributed by atoms with Crippen LogP contribution < -0.4 is 10.2 Å². The van der Waals surface area contributed by atoms with E-state index in [1.54, 1.807) is 36.4 Å². The fraction of sp³-hybridized carbons (Fsp3) is 0.278. The highest BCUT2D eigenvalue weighted by Gasteiger charge is 2.23. The second-order valence-electron chi connectivity index (χ2n) is 5.79. The summed E-state index contributed by atoms with van der Waals surface area (Å²) in [5, 5.41) is 3.59. The molecule has 23 heavy (non-hydrogen) atoms. The van der Waals surface area contributed by atoms with Crippen molar-refractivity contribution in [3.63, 3.8) is 0 Å². The Balaban J connectivity index is 1.51. The Morgan fingerprint density at radius 2 is 1.87 bits per heavy atom. The molecule has 1 aliphatic heterocycles. The number of hydrogen-bond acceptors (Lipinski definition) is 2. The third kappa shape index (κ3) is 4.02. The summed E-state index contributed by atoms with van der Waals surface area (Å²) >= 11 is 5.82. The van der Waals surface area contributed by atoms with E-state index in [2.05, 4.69) is 10.2 Å². The maximum atomic E-state index is 13.0. The van der Waals surface area contributed by atoms with Crippen molar-refractivity contribution in [1.82, 2.24) is 5.32 Å². The standard InChI is InChI=1S/C18H18ClFN2O/c19-15-3-1-14(2-4-15)18(23)21-11-13-9-10-22(12-13)17-7-5-16(20)6-8-17/h1-8,13H,9-12H2,(H,21,23). The van der Waals surface area contributed by atoms with Gasteiger partial charge >= 0.3 is 0 Å². The number of halogens is 2. The lowest BCUT2D eigenvalue weighted by Crippen LogP contribution is -2.31. The van der Waals surface area contributed by atoms with Gasteiger partial charge in [0.05, 0.1) is 0 Å². The summed E-state index contributed by atoms with van der Waals surface area (Å²) in [6.45, 7) is 2.43. The molecule has 2 aromatic carbocycles. The normalized spacial score (nSPS) is 17.3. The minimum absolute atomic E-state index is 0.0816. The monoisotopic (exact) mass is 332 g/mol. The third-order valence-corrected chi connectivity index (χ3v) is 4.39. The van der Waals surface area contributed by atoms with Crippen LogP contribution in [-0.2, 0) is 0 Å². The molecule has 2 aromatic rings. The van der Waals surface area contributed by atoms with Crippen LogP contribution in [0.1, 0.15) is 16.8 Å². The Bertz CT molecular complexity index is 672. The SMILES string of the molecule is O=C(NCC1CCN(c2ccc(F)cc2)C1)c1ccc(Cl)cc1. The van der Waals surface area contributed by atoms with Crippen molar-refractivity contribution in [3.8, 4) is 0 Å². The van der Waals surface area contributed by atoms with Crippen LogP contribution in [0.3, 0.4) is 0 Å². The summed E-state index contributed by atoms with van der Waals surface area (Å²) in [6, 6.07) is 13.4. The molecule has 3 rings (SSSR count). The Kier molecular flexibility index (Phi) is 4.82. The van der Waals surface area contributed by atoms with Gasteiger partial charge in [0.1, 0.15) is 5.82 Å². The molecular weight excluding hydrogens is 315 g/mol. The minimum Gasteiger partial charge on any atom is -0.371 e. The quantitative estimate of drug-likeness (QED) is 0.925. The third-order valence-electron chi connectivity index (χ3n) is 4.14. The van der Waals surface area contributed by atoms with Gasteiger partial charge in [0.2, 0.25) is 0 Å². The molecule has 1 fully saturated rings. The predicted molar refractivity (Wildman–Crippen MR) is 90.5 cm³/mol. The molecule has 3 nitrogen and oxygen atoms in total. The molecule has 1 N–H and O–H groups in total. The Labute approximate surface area is 140 Å². The van der Waals surface area contributed by atoms with Gasteiger partial charge in [-0.05, 0) is 60.9 Å². The number of amides is 1. The molecule has 0 radical (unpaired) electrons. The number of hydrogen-bond donors (Lipinski definition) is 1. The summed E-state index contributed by atoms with van der Waals surface area (Å²) < 4.78 is 13.0. The van der Waals surface area contributed by atoms with Crippen LogP contribution in [0.5, 0.6) is 0 Å². The highest BCUT2D eigenvalue weighted by molar-refractivity contribution is 6.30. The van der Waals surface area contributed by atoms with Gasteiger partial charge in [-0.15, -0.1) is 0 Å². The van der Waals surface area contributed by atoms with E-state index in [0.717, 1.165) is 25.2 Å². The molecule has 0 bridgehead atoms. The van der Waals surface area contributed by atoms with E-state index < -0.39 is 0 Å². The van der Waals surface area contributed by atoms with Crippen LogP contribution in [0.4, 0.5) is 10.1 Å². The van der Waals surface area contributed by atoms with Crippen molar-refractivity contribution in [3.05, 3.63) is 64.9 Å². The first kappa shape index (κ1) is 15.8. The first-order chi connectivity index (χ1) is 11.1. The second-order valence-corrected chi connectivity index (χ2v) is 6.23. The molecule has 1 heterocycles. The number of carbonyl (C=O) groups is 1. The summed E-state index contributed by atoms with van der Waals surface area (Å²) in [4.78, 5) is 14.3. The average molecular weight is 333 g/mol. The smallest absolute Gasteiger partial charge is 0.251 e. The van der Waals surface area contributed by atoms with Gasteiger partial charge in [0, 0.05) is 35.9 Å². The Hall–Kier alpha value is -2.07. The van der Waals surface area contributed by atoms with Gasteiger partial charge in [0.25, 0.3) is 5.91 Å². The van der Waals surface area contributed by atoms with E-state index in [-0.39, 0.29) is 11.7 Å². The van der Waals surface area contributed by atoms with E-state index >= 15 is 0 Å². The predicted octanol–water partition coefficient (Wildman–Crippen LogP) is 3.74. The highest BCUT2D eigenvalue weighted by atomic mass is 35.5. The van der Waals surface area contributed by atoms with Crippen LogP contribution in [0.2, 0.25) is 5.02 Å². The van der Waals surface area contributed by atoms with Crippen molar-refractivity contribution < 1.29 is 9.18 Å². The van der Waals surface area contributed by atoms with Gasteiger partial charge in [-0.3, -0.25) is 4.79 Å². The topological polar surface area (TPSA) is 32.3 Å². The van der Waals surface area contributed by atoms with Crippen molar-refractivity contribution in [2.24, 2.45) is 5.92 Å². The van der Waals surface area contributed by atoms with Gasteiger partial charge in [-0.1, -0.05) is 11.6 Å². The van der Waals surface area contributed by atoms with E-state index in [4.69, 9.17) is 11.6 Å². The van der Waals surface area contributed by atoms with E-state index in [1.165, 1.54) is 12.1 Å². The van der Waals surface area contributed by atoms with Crippen LogP contribution in [-0.4, -0.2) is 25.5 Å². The lowest BCUT2D eigenvalue weighted by atomic mass is 10.1. The van der Waals surface area contributed by atoms with Crippen molar-refractivity contribution >= 4 is 23.2 Å². The molecule has 0 saturated carbocycles. The van der Waals surface area contributed by atoms with Crippen LogP contribution >= 0.6 is 11.6 Å². The first-order valence-corrected chi connectivity index (χ1v) is 8.04.